The van der Waals surface area contributed by atoms with E-state index in [-0.39, 0.29) is 18.4 Å². The summed E-state index contributed by atoms with van der Waals surface area (Å²) in [6, 6.07) is 14.9. The molecule has 1 saturated heterocycles. The number of likely N-dealkylation sites (tertiary alicyclic amines) is 1. The Hall–Kier alpha value is -2.80. The average Bonchev–Trinajstić information content (AvgIpc) is 3.22. The maximum atomic E-state index is 12.4. The van der Waals surface area contributed by atoms with Crippen LogP contribution in [0.5, 0.6) is 0 Å². The normalized spacial score (nSPS) is 14.9. The van der Waals surface area contributed by atoms with Crippen molar-refractivity contribution in [2.45, 2.75) is 23.7 Å². The highest BCUT2D eigenvalue weighted by Crippen LogP contribution is 2.29. The maximum absolute atomic E-state index is 12.4. The monoisotopic (exact) mass is 410 g/mol. The van der Waals surface area contributed by atoms with Crippen LogP contribution in [0.3, 0.4) is 0 Å². The number of carbonyl (C=O) groups excluding carboxylic acids is 2. The zero-order valence-electron chi connectivity index (χ0n) is 16.2. The molecule has 1 amide bonds. The lowest BCUT2D eigenvalue weighted by molar-refractivity contribution is -0.135. The Morgan fingerprint density at radius 3 is 2.55 bits per heavy atom. The summed E-state index contributed by atoms with van der Waals surface area (Å²) in [5.41, 5.74) is 2.10. The van der Waals surface area contributed by atoms with Crippen molar-refractivity contribution in [1.29, 1.82) is 0 Å². The number of oxazole rings is 1. The molecule has 0 aliphatic carbocycles. The van der Waals surface area contributed by atoms with Gasteiger partial charge in [-0.3, -0.25) is 4.79 Å². The number of aromatic nitrogens is 1. The van der Waals surface area contributed by atoms with Crippen LogP contribution < -0.4 is 0 Å². The van der Waals surface area contributed by atoms with Gasteiger partial charge in [0.15, 0.2) is 18.1 Å². The molecule has 0 unspecified atom stereocenters. The summed E-state index contributed by atoms with van der Waals surface area (Å²) in [6.07, 6.45) is 3.53. The number of hydrogen-bond donors (Lipinski definition) is 0. The maximum Gasteiger partial charge on any atom is 0.338 e. The molecule has 29 heavy (non-hydrogen) atoms. The van der Waals surface area contributed by atoms with Gasteiger partial charge < -0.3 is 14.1 Å². The van der Waals surface area contributed by atoms with E-state index in [1.54, 1.807) is 28.8 Å². The smallest absolute Gasteiger partial charge is 0.338 e. The summed E-state index contributed by atoms with van der Waals surface area (Å²) in [7, 11) is 0. The Bertz CT molecular complexity index is 974. The number of nitrogens with zero attached hydrogens (tertiary/aromatic N) is 2. The highest BCUT2D eigenvalue weighted by molar-refractivity contribution is 7.98. The molecule has 0 saturated carbocycles. The van der Waals surface area contributed by atoms with Crippen molar-refractivity contribution in [2.75, 3.05) is 26.0 Å². The van der Waals surface area contributed by atoms with Gasteiger partial charge in [-0.15, -0.1) is 11.8 Å². The lowest BCUT2D eigenvalue weighted by atomic mass is 9.97. The van der Waals surface area contributed by atoms with Crippen molar-refractivity contribution in [3.63, 3.8) is 0 Å². The number of hydrogen-bond acceptors (Lipinski definition) is 6. The van der Waals surface area contributed by atoms with Gasteiger partial charge >= 0.3 is 5.97 Å². The number of thioether (sulfide) groups is 1. The zero-order chi connectivity index (χ0) is 20.2. The van der Waals surface area contributed by atoms with E-state index in [1.165, 1.54) is 0 Å². The summed E-state index contributed by atoms with van der Waals surface area (Å²) in [5, 5.41) is 0. The molecule has 2 heterocycles. The minimum Gasteiger partial charge on any atom is -0.452 e. The van der Waals surface area contributed by atoms with Gasteiger partial charge in [0.25, 0.3) is 5.91 Å². The topological polar surface area (TPSA) is 72.6 Å². The van der Waals surface area contributed by atoms with Crippen LogP contribution in [0, 0.1) is 0 Å². The van der Waals surface area contributed by atoms with Crippen LogP contribution in [0.4, 0.5) is 0 Å². The summed E-state index contributed by atoms with van der Waals surface area (Å²) in [4.78, 5) is 31.9. The molecule has 0 N–H and O–H groups in total. The highest BCUT2D eigenvalue weighted by atomic mass is 32.2. The molecule has 0 radical (unpaired) electrons. The van der Waals surface area contributed by atoms with Gasteiger partial charge in [-0.2, -0.15) is 0 Å². The van der Waals surface area contributed by atoms with Gasteiger partial charge in [0.05, 0.1) is 5.56 Å². The third-order valence-corrected chi connectivity index (χ3v) is 5.90. The number of esters is 1. The molecule has 1 aliphatic rings. The first-order chi connectivity index (χ1) is 14.1. The molecule has 6 nitrogen and oxygen atoms in total. The van der Waals surface area contributed by atoms with Crippen LogP contribution in [-0.2, 0) is 9.53 Å². The Labute approximate surface area is 173 Å². The summed E-state index contributed by atoms with van der Waals surface area (Å²) < 4.78 is 11.1. The van der Waals surface area contributed by atoms with Crippen molar-refractivity contribution in [2.24, 2.45) is 0 Å². The Balaban J connectivity index is 1.27. The fraction of sp³-hybridized carbons (Fsp3) is 0.318. The largest absolute Gasteiger partial charge is 0.452 e. The quantitative estimate of drug-likeness (QED) is 0.466. The fourth-order valence-corrected chi connectivity index (χ4v) is 3.88. The van der Waals surface area contributed by atoms with Crippen LogP contribution in [0.2, 0.25) is 0 Å². The summed E-state index contributed by atoms with van der Waals surface area (Å²) in [5.74, 6) is 0.282. The standard InChI is InChI=1S/C22H22N2O4S/c1-29-17-8-6-16(7-9-17)22(26)27-14-20(25)24-12-10-15(11-13-24)21-23-18-4-2-3-5-19(18)28-21/h2-9,15H,10-14H2,1H3. The molecule has 0 spiro atoms. The molecule has 0 atom stereocenters. The van der Waals surface area contributed by atoms with Crippen molar-refractivity contribution in [1.82, 2.24) is 9.88 Å². The molecule has 3 aromatic rings. The van der Waals surface area contributed by atoms with E-state index in [2.05, 4.69) is 4.98 Å². The molecule has 1 aromatic heterocycles. The van der Waals surface area contributed by atoms with E-state index in [1.807, 2.05) is 42.7 Å². The number of amides is 1. The first-order valence-corrected chi connectivity index (χ1v) is 10.8. The van der Waals surface area contributed by atoms with Crippen molar-refractivity contribution in [3.8, 4) is 0 Å². The second-order valence-corrected chi connectivity index (χ2v) is 7.86. The predicted molar refractivity (Wildman–Crippen MR) is 111 cm³/mol. The van der Waals surface area contributed by atoms with E-state index < -0.39 is 5.97 Å². The highest BCUT2D eigenvalue weighted by Gasteiger charge is 2.27. The second-order valence-electron chi connectivity index (χ2n) is 6.98. The fourth-order valence-electron chi connectivity index (χ4n) is 3.47. The lowest BCUT2D eigenvalue weighted by Crippen LogP contribution is -2.40. The Morgan fingerprint density at radius 1 is 1.14 bits per heavy atom. The molecule has 2 aromatic carbocycles. The van der Waals surface area contributed by atoms with Crippen LogP contribution in [0.1, 0.15) is 35.0 Å². The predicted octanol–water partition coefficient (Wildman–Crippen LogP) is 4.11. The average molecular weight is 410 g/mol. The van der Waals surface area contributed by atoms with E-state index in [9.17, 15) is 9.59 Å². The van der Waals surface area contributed by atoms with Crippen LogP contribution in [0.25, 0.3) is 11.1 Å². The number of ether oxygens (including phenoxy) is 1. The molecule has 1 aliphatic heterocycles. The molecular weight excluding hydrogens is 388 g/mol. The molecule has 4 rings (SSSR count). The number of rotatable bonds is 5. The Morgan fingerprint density at radius 2 is 1.86 bits per heavy atom. The third kappa shape index (κ3) is 4.45. The van der Waals surface area contributed by atoms with Crippen molar-refractivity contribution in [3.05, 3.63) is 60.0 Å². The van der Waals surface area contributed by atoms with Crippen molar-refractivity contribution >= 4 is 34.7 Å². The number of carbonyl (C=O) groups is 2. The van der Waals surface area contributed by atoms with Gasteiger partial charge in [0, 0.05) is 23.9 Å². The van der Waals surface area contributed by atoms with Gasteiger partial charge in [-0.05, 0) is 55.5 Å². The van der Waals surface area contributed by atoms with E-state index in [4.69, 9.17) is 9.15 Å². The van der Waals surface area contributed by atoms with E-state index in [0.717, 1.165) is 34.7 Å². The number of para-hydroxylation sites is 2. The molecule has 0 bridgehead atoms. The van der Waals surface area contributed by atoms with Gasteiger partial charge in [0.1, 0.15) is 5.52 Å². The SMILES string of the molecule is CSc1ccc(C(=O)OCC(=O)N2CCC(c3nc4ccccc4o3)CC2)cc1. The van der Waals surface area contributed by atoms with Crippen molar-refractivity contribution < 1.29 is 18.7 Å². The lowest BCUT2D eigenvalue weighted by Gasteiger charge is -2.30. The summed E-state index contributed by atoms with van der Waals surface area (Å²) in [6.45, 7) is 0.959. The third-order valence-electron chi connectivity index (χ3n) is 5.16. The minimum atomic E-state index is -0.479. The number of benzene rings is 2. The van der Waals surface area contributed by atoms with Gasteiger partial charge in [0.2, 0.25) is 0 Å². The van der Waals surface area contributed by atoms with Gasteiger partial charge in [-0.1, -0.05) is 12.1 Å². The Kier molecular flexibility index (Phi) is 5.85. The minimum absolute atomic E-state index is 0.171. The van der Waals surface area contributed by atoms with Crippen LogP contribution >= 0.6 is 11.8 Å². The van der Waals surface area contributed by atoms with Crippen LogP contribution in [0.15, 0.2) is 57.8 Å². The first kappa shape index (κ1) is 19.5. The zero-order valence-corrected chi connectivity index (χ0v) is 17.0. The first-order valence-electron chi connectivity index (χ1n) is 9.58. The van der Waals surface area contributed by atoms with E-state index >= 15 is 0 Å². The molecular formula is C22H22N2O4S. The number of fused-ring (bicyclic) bond motifs is 1. The van der Waals surface area contributed by atoms with Gasteiger partial charge in [-0.25, -0.2) is 9.78 Å². The van der Waals surface area contributed by atoms with E-state index in [0.29, 0.717) is 18.7 Å². The molecule has 150 valence electrons. The molecule has 7 heteroatoms. The second kappa shape index (κ2) is 8.69. The number of piperidine rings is 1. The molecule has 1 fully saturated rings. The van der Waals surface area contributed by atoms with Crippen LogP contribution in [-0.4, -0.2) is 47.7 Å². The summed E-state index contributed by atoms with van der Waals surface area (Å²) >= 11 is 1.60.